The molecule has 1 amide bonds. The van der Waals surface area contributed by atoms with Crippen molar-refractivity contribution < 1.29 is 4.79 Å². The molecular formula is C16H23ClN2O. The molecule has 2 saturated carbocycles. The Bertz CT molecular complexity index is 436. The molecule has 3 rings (SSSR count). The van der Waals surface area contributed by atoms with E-state index in [0.717, 1.165) is 31.0 Å². The minimum Gasteiger partial charge on any atom is -0.349 e. The number of hydrogen-bond donors (Lipinski definition) is 2. The monoisotopic (exact) mass is 294 g/mol. The van der Waals surface area contributed by atoms with E-state index in [-0.39, 0.29) is 18.3 Å². The Balaban J connectivity index is 0.00000147. The number of hydrogen-bond acceptors (Lipinski definition) is 2. The topological polar surface area (TPSA) is 41.1 Å². The lowest BCUT2D eigenvalue weighted by atomic mass is 10.1. The predicted molar refractivity (Wildman–Crippen MR) is 83.3 cm³/mol. The molecular weight excluding hydrogens is 272 g/mol. The van der Waals surface area contributed by atoms with Crippen LogP contribution in [0, 0.1) is 0 Å². The van der Waals surface area contributed by atoms with Gasteiger partial charge in [-0.1, -0.05) is 25.0 Å². The summed E-state index contributed by atoms with van der Waals surface area (Å²) in [6, 6.07) is 9.11. The molecule has 2 fully saturated rings. The summed E-state index contributed by atoms with van der Waals surface area (Å²) in [6.07, 6.45) is 7.38. The minimum atomic E-state index is 0. The maximum atomic E-state index is 12.1. The third-order valence-corrected chi connectivity index (χ3v) is 4.08. The SMILES string of the molecule is Cl.O=C(NC1CCCC1)c1ccc(CNC2CC2)cc1. The summed E-state index contributed by atoms with van der Waals surface area (Å²) in [5.74, 6) is 0.0774. The zero-order valence-electron chi connectivity index (χ0n) is 11.7. The number of halogens is 1. The van der Waals surface area contributed by atoms with Crippen molar-refractivity contribution in [2.75, 3.05) is 0 Å². The molecule has 0 bridgehead atoms. The fraction of sp³-hybridized carbons (Fsp3) is 0.562. The van der Waals surface area contributed by atoms with Gasteiger partial charge < -0.3 is 10.6 Å². The van der Waals surface area contributed by atoms with Gasteiger partial charge in [-0.2, -0.15) is 0 Å². The van der Waals surface area contributed by atoms with Gasteiger partial charge in [-0.05, 0) is 43.4 Å². The van der Waals surface area contributed by atoms with Crippen molar-refractivity contribution >= 4 is 18.3 Å². The van der Waals surface area contributed by atoms with Gasteiger partial charge in [-0.3, -0.25) is 4.79 Å². The van der Waals surface area contributed by atoms with E-state index in [1.54, 1.807) is 0 Å². The number of benzene rings is 1. The summed E-state index contributed by atoms with van der Waals surface area (Å²) in [4.78, 5) is 12.1. The van der Waals surface area contributed by atoms with E-state index in [1.165, 1.54) is 31.2 Å². The van der Waals surface area contributed by atoms with Gasteiger partial charge in [0.05, 0.1) is 0 Å². The molecule has 4 heteroatoms. The van der Waals surface area contributed by atoms with Crippen molar-refractivity contribution in [2.24, 2.45) is 0 Å². The molecule has 0 atom stereocenters. The van der Waals surface area contributed by atoms with Crippen LogP contribution in [0.4, 0.5) is 0 Å². The van der Waals surface area contributed by atoms with Crippen LogP contribution in [0.2, 0.25) is 0 Å². The average Bonchev–Trinajstić information content (AvgIpc) is 3.13. The molecule has 1 aromatic rings. The first-order chi connectivity index (χ1) is 9.31. The van der Waals surface area contributed by atoms with E-state index in [4.69, 9.17) is 0 Å². The third kappa shape index (κ3) is 4.22. The maximum absolute atomic E-state index is 12.1. The van der Waals surface area contributed by atoms with Crippen molar-refractivity contribution in [3.8, 4) is 0 Å². The summed E-state index contributed by atoms with van der Waals surface area (Å²) in [6.45, 7) is 0.912. The van der Waals surface area contributed by atoms with E-state index < -0.39 is 0 Å². The Morgan fingerprint density at radius 3 is 2.25 bits per heavy atom. The lowest BCUT2D eigenvalue weighted by molar-refractivity contribution is 0.0938. The Kier molecular flexibility index (Phi) is 5.44. The van der Waals surface area contributed by atoms with Crippen LogP contribution in [0.1, 0.15) is 54.4 Å². The maximum Gasteiger partial charge on any atom is 0.251 e. The molecule has 0 heterocycles. The Labute approximate surface area is 126 Å². The number of carbonyl (C=O) groups is 1. The molecule has 1 aromatic carbocycles. The van der Waals surface area contributed by atoms with Gasteiger partial charge in [0.25, 0.3) is 5.91 Å². The van der Waals surface area contributed by atoms with Crippen molar-refractivity contribution in [3.63, 3.8) is 0 Å². The van der Waals surface area contributed by atoms with Gasteiger partial charge in [0, 0.05) is 24.2 Å². The molecule has 2 aliphatic rings. The highest BCUT2D eigenvalue weighted by molar-refractivity contribution is 5.94. The Hall–Kier alpha value is -1.06. The van der Waals surface area contributed by atoms with Gasteiger partial charge in [0.2, 0.25) is 0 Å². The number of amides is 1. The summed E-state index contributed by atoms with van der Waals surface area (Å²) in [5.41, 5.74) is 2.03. The molecule has 20 heavy (non-hydrogen) atoms. The molecule has 0 aliphatic heterocycles. The van der Waals surface area contributed by atoms with Crippen LogP contribution in [0.3, 0.4) is 0 Å². The van der Waals surface area contributed by atoms with E-state index in [2.05, 4.69) is 22.8 Å². The number of rotatable bonds is 5. The largest absolute Gasteiger partial charge is 0.349 e. The Morgan fingerprint density at radius 1 is 1.00 bits per heavy atom. The minimum absolute atomic E-state index is 0. The molecule has 0 saturated heterocycles. The second-order valence-corrected chi connectivity index (χ2v) is 5.81. The highest BCUT2D eigenvalue weighted by atomic mass is 35.5. The Morgan fingerprint density at radius 2 is 1.65 bits per heavy atom. The van der Waals surface area contributed by atoms with Crippen LogP contribution >= 0.6 is 12.4 Å². The lowest BCUT2D eigenvalue weighted by Crippen LogP contribution is -2.32. The van der Waals surface area contributed by atoms with Gasteiger partial charge in [-0.15, -0.1) is 12.4 Å². The van der Waals surface area contributed by atoms with E-state index in [0.29, 0.717) is 6.04 Å². The first-order valence-electron chi connectivity index (χ1n) is 7.44. The van der Waals surface area contributed by atoms with E-state index in [1.807, 2.05) is 12.1 Å². The van der Waals surface area contributed by atoms with Crippen LogP contribution in [0.25, 0.3) is 0 Å². The highest BCUT2D eigenvalue weighted by Gasteiger charge is 2.20. The van der Waals surface area contributed by atoms with Crippen LogP contribution in [-0.2, 0) is 6.54 Å². The van der Waals surface area contributed by atoms with Crippen molar-refractivity contribution in [1.82, 2.24) is 10.6 Å². The van der Waals surface area contributed by atoms with Gasteiger partial charge >= 0.3 is 0 Å². The third-order valence-electron chi connectivity index (χ3n) is 4.08. The normalized spacial score (nSPS) is 18.6. The van der Waals surface area contributed by atoms with Crippen molar-refractivity contribution in [1.29, 1.82) is 0 Å². The van der Waals surface area contributed by atoms with Gasteiger partial charge in [0.15, 0.2) is 0 Å². The van der Waals surface area contributed by atoms with E-state index in [9.17, 15) is 4.79 Å². The quantitative estimate of drug-likeness (QED) is 0.876. The van der Waals surface area contributed by atoms with E-state index >= 15 is 0 Å². The summed E-state index contributed by atoms with van der Waals surface area (Å²) >= 11 is 0. The molecule has 0 aromatic heterocycles. The van der Waals surface area contributed by atoms with Crippen LogP contribution in [0.15, 0.2) is 24.3 Å². The molecule has 0 spiro atoms. The number of carbonyl (C=O) groups excluding carboxylic acids is 1. The van der Waals surface area contributed by atoms with Crippen LogP contribution in [0.5, 0.6) is 0 Å². The van der Waals surface area contributed by atoms with Gasteiger partial charge in [-0.25, -0.2) is 0 Å². The summed E-state index contributed by atoms with van der Waals surface area (Å²) < 4.78 is 0. The molecule has 110 valence electrons. The predicted octanol–water partition coefficient (Wildman–Crippen LogP) is 3.03. The molecule has 2 N–H and O–H groups in total. The zero-order chi connectivity index (χ0) is 13.1. The first kappa shape index (κ1) is 15.3. The zero-order valence-corrected chi connectivity index (χ0v) is 12.5. The number of nitrogens with one attached hydrogen (secondary N) is 2. The smallest absolute Gasteiger partial charge is 0.251 e. The molecule has 0 radical (unpaired) electrons. The van der Waals surface area contributed by atoms with Crippen LogP contribution < -0.4 is 10.6 Å². The second kappa shape index (κ2) is 7.09. The van der Waals surface area contributed by atoms with Crippen molar-refractivity contribution in [3.05, 3.63) is 35.4 Å². The average molecular weight is 295 g/mol. The fourth-order valence-corrected chi connectivity index (χ4v) is 2.66. The second-order valence-electron chi connectivity index (χ2n) is 5.81. The molecule has 3 nitrogen and oxygen atoms in total. The fourth-order valence-electron chi connectivity index (χ4n) is 2.66. The van der Waals surface area contributed by atoms with Crippen LogP contribution in [-0.4, -0.2) is 18.0 Å². The molecule has 2 aliphatic carbocycles. The standard InChI is InChI=1S/C16H22N2O.ClH/c19-16(18-15-3-1-2-4-15)13-7-5-12(6-8-13)11-17-14-9-10-14;/h5-8,14-15,17H,1-4,9-11H2,(H,18,19);1H. The van der Waals surface area contributed by atoms with Crippen molar-refractivity contribution in [2.45, 2.75) is 57.2 Å². The lowest BCUT2D eigenvalue weighted by Gasteiger charge is -2.12. The summed E-state index contributed by atoms with van der Waals surface area (Å²) in [7, 11) is 0. The summed E-state index contributed by atoms with van der Waals surface area (Å²) in [5, 5.41) is 6.60. The first-order valence-corrected chi connectivity index (χ1v) is 7.44. The van der Waals surface area contributed by atoms with Gasteiger partial charge in [0.1, 0.15) is 0 Å². The molecule has 0 unspecified atom stereocenters. The highest BCUT2D eigenvalue weighted by Crippen LogP contribution is 2.20.